The maximum Gasteiger partial charge on any atom is 0.189 e. The van der Waals surface area contributed by atoms with Crippen molar-refractivity contribution in [3.8, 4) is 0 Å². The number of carboxylic acids is 1. The van der Waals surface area contributed by atoms with E-state index in [2.05, 4.69) is 6.92 Å². The van der Waals surface area contributed by atoms with Gasteiger partial charge in [-0.25, -0.2) is 0 Å². The smallest absolute Gasteiger partial charge is 0.189 e. The summed E-state index contributed by atoms with van der Waals surface area (Å²) in [5.74, 6) is -0.913. The van der Waals surface area contributed by atoms with Crippen molar-refractivity contribution >= 4 is 5.97 Å². The number of carboxylic acid groups (broad SMARTS) is 1. The van der Waals surface area contributed by atoms with Crippen LogP contribution in [0.25, 0.3) is 0 Å². The number of nitrogens with zero attached hydrogens (tertiary/aromatic N) is 1. The topological polar surface area (TPSA) is 80.6 Å². The fourth-order valence-corrected chi connectivity index (χ4v) is 1.54. The summed E-state index contributed by atoms with van der Waals surface area (Å²) in [5, 5.41) is 28.1. The van der Waals surface area contributed by atoms with E-state index in [0.29, 0.717) is 0 Å². The van der Waals surface area contributed by atoms with Crippen LogP contribution in [0.1, 0.15) is 72.1 Å². The monoisotopic (exact) mass is 305 g/mol. The molecule has 5 nitrogen and oxygen atoms in total. The van der Waals surface area contributed by atoms with E-state index in [4.69, 9.17) is 10.2 Å². The number of quaternary nitrogens is 1. The number of aliphatic carboxylic acids is 1. The molecule has 2 atom stereocenters. The van der Waals surface area contributed by atoms with Gasteiger partial charge in [-0.2, -0.15) is 0 Å². The second kappa shape index (κ2) is 13.0. The van der Waals surface area contributed by atoms with Crippen LogP contribution in [0.3, 0.4) is 0 Å². The molecule has 0 saturated heterocycles. The largest absolute Gasteiger partial charge is 0.550 e. The molecular formula is C16H35NO4. The molecule has 0 aromatic carbocycles. The maximum absolute atomic E-state index is 10.0. The van der Waals surface area contributed by atoms with Crippen LogP contribution in [0.5, 0.6) is 0 Å². The molecule has 0 aliphatic rings. The van der Waals surface area contributed by atoms with Crippen molar-refractivity contribution in [1.29, 1.82) is 0 Å². The second-order valence-corrected chi connectivity index (χ2v) is 6.14. The molecule has 0 aliphatic carbocycles. The zero-order valence-electron chi connectivity index (χ0n) is 14.5. The Morgan fingerprint density at radius 1 is 0.952 bits per heavy atom. The minimum atomic E-state index is -0.913. The average molecular weight is 305 g/mol. The lowest BCUT2D eigenvalue weighted by Gasteiger charge is -2.35. The molecule has 0 radical (unpaired) electrons. The number of rotatable bonds is 10. The molecule has 0 aromatic rings. The lowest BCUT2D eigenvalue weighted by atomic mass is 10.1. The molecule has 0 heterocycles. The lowest BCUT2D eigenvalue weighted by Crippen LogP contribution is -2.53. The van der Waals surface area contributed by atoms with Crippen LogP contribution in [0, 0.1) is 0 Å². The highest BCUT2D eigenvalue weighted by Crippen LogP contribution is 2.08. The lowest BCUT2D eigenvalue weighted by molar-refractivity contribution is -0.974. The van der Waals surface area contributed by atoms with E-state index < -0.39 is 18.4 Å². The summed E-state index contributed by atoms with van der Waals surface area (Å²) in [6.45, 7) is 5.51. The highest BCUT2D eigenvalue weighted by Gasteiger charge is 2.26. The van der Waals surface area contributed by atoms with Crippen molar-refractivity contribution < 1.29 is 24.6 Å². The van der Waals surface area contributed by atoms with Crippen LogP contribution in [0.15, 0.2) is 0 Å². The van der Waals surface area contributed by atoms with Crippen molar-refractivity contribution in [3.05, 3.63) is 0 Å². The van der Waals surface area contributed by atoms with E-state index in [0.717, 1.165) is 12.8 Å². The summed E-state index contributed by atoms with van der Waals surface area (Å²) in [6.07, 6.45) is 7.30. The average Bonchev–Trinajstić information content (AvgIpc) is 2.37. The van der Waals surface area contributed by atoms with Gasteiger partial charge in [0.25, 0.3) is 0 Å². The predicted molar refractivity (Wildman–Crippen MR) is 83.1 cm³/mol. The summed E-state index contributed by atoms with van der Waals surface area (Å²) in [4.78, 5) is 10.0. The first kappa shape index (κ1) is 22.6. The number of carbonyl (C=O) groups is 1. The zero-order valence-corrected chi connectivity index (χ0v) is 14.5. The Hall–Kier alpha value is -0.650. The van der Waals surface area contributed by atoms with Gasteiger partial charge in [-0.05, 0) is 12.8 Å². The number of hydrogen-bond donors (Lipinski definition) is 2. The molecule has 2 unspecified atom stereocenters. The quantitative estimate of drug-likeness (QED) is 0.365. The van der Waals surface area contributed by atoms with E-state index in [1.54, 1.807) is 27.9 Å². The Labute approximate surface area is 130 Å². The van der Waals surface area contributed by atoms with Gasteiger partial charge < -0.3 is 20.1 Å². The van der Waals surface area contributed by atoms with Crippen molar-refractivity contribution in [3.63, 3.8) is 0 Å². The molecule has 0 fully saturated rings. The third-order valence-electron chi connectivity index (χ3n) is 3.91. The molecule has 0 saturated carbocycles. The molecule has 2 N–H and O–H groups in total. The van der Waals surface area contributed by atoms with Gasteiger partial charge in [0.15, 0.2) is 12.5 Å². The summed E-state index contributed by atoms with van der Waals surface area (Å²) in [6, 6.07) is 0. The second-order valence-electron chi connectivity index (χ2n) is 6.14. The standard InChI is InChI=1S/C10H20O2.C6H16NO2/c1-2-3-4-5-6-7-8-9-10(11)12;1-5(8)7(3,4)6(2)9/h2-9H2,1H3,(H,11,12);5-6,8-9H,1-4H3/q;+1/p-1. The molecule has 5 heteroatoms. The summed E-state index contributed by atoms with van der Waals surface area (Å²) in [7, 11) is 3.55. The molecule has 0 bridgehead atoms. The van der Waals surface area contributed by atoms with E-state index in [-0.39, 0.29) is 10.9 Å². The highest BCUT2D eigenvalue weighted by atomic mass is 16.4. The molecule has 0 aliphatic heterocycles. The van der Waals surface area contributed by atoms with Crippen LogP contribution in [0.2, 0.25) is 0 Å². The SMILES string of the molecule is CC(O)[N+](C)(C)C(C)O.CCCCCCCCCC(=O)[O-]. The Bertz CT molecular complexity index is 243. The molecule has 0 rings (SSSR count). The van der Waals surface area contributed by atoms with Gasteiger partial charge in [-0.1, -0.05) is 45.4 Å². The Balaban J connectivity index is 0. The summed E-state index contributed by atoms with van der Waals surface area (Å²) in [5.41, 5.74) is 0. The summed E-state index contributed by atoms with van der Waals surface area (Å²) >= 11 is 0. The number of aliphatic hydroxyl groups excluding tert-OH is 2. The fourth-order valence-electron chi connectivity index (χ4n) is 1.54. The van der Waals surface area contributed by atoms with Gasteiger partial charge in [0.05, 0.1) is 14.1 Å². The molecule has 21 heavy (non-hydrogen) atoms. The van der Waals surface area contributed by atoms with Gasteiger partial charge in [0.1, 0.15) is 0 Å². The number of carbonyl (C=O) groups excluding carboxylic acids is 1. The van der Waals surface area contributed by atoms with E-state index >= 15 is 0 Å². The van der Waals surface area contributed by atoms with Crippen molar-refractivity contribution in [1.82, 2.24) is 0 Å². The number of unbranched alkanes of at least 4 members (excludes halogenated alkanes) is 6. The Kier molecular flexibility index (Phi) is 14.1. The molecule has 128 valence electrons. The fraction of sp³-hybridized carbons (Fsp3) is 0.938. The normalized spacial score (nSPS) is 14.0. The van der Waals surface area contributed by atoms with Crippen LogP contribution in [-0.2, 0) is 4.79 Å². The van der Waals surface area contributed by atoms with Crippen molar-refractivity contribution in [2.75, 3.05) is 14.1 Å². The van der Waals surface area contributed by atoms with E-state index in [1.165, 1.54) is 32.1 Å². The maximum atomic E-state index is 10.0. The number of hydrogen-bond acceptors (Lipinski definition) is 4. The minimum Gasteiger partial charge on any atom is -0.550 e. The highest BCUT2D eigenvalue weighted by molar-refractivity contribution is 5.63. The third kappa shape index (κ3) is 14.1. The van der Waals surface area contributed by atoms with Gasteiger partial charge in [-0.3, -0.25) is 4.48 Å². The van der Waals surface area contributed by atoms with Gasteiger partial charge >= 0.3 is 0 Å². The Morgan fingerprint density at radius 3 is 1.62 bits per heavy atom. The van der Waals surface area contributed by atoms with Gasteiger partial charge in [-0.15, -0.1) is 0 Å². The first-order valence-corrected chi connectivity index (χ1v) is 8.05. The van der Waals surface area contributed by atoms with Gasteiger partial charge in [0.2, 0.25) is 0 Å². The Morgan fingerprint density at radius 2 is 1.33 bits per heavy atom. The van der Waals surface area contributed by atoms with Crippen molar-refractivity contribution in [2.45, 2.75) is 84.6 Å². The molecule has 0 spiro atoms. The predicted octanol–water partition coefficient (Wildman–Crippen LogP) is 1.62. The molecule has 0 aromatic heterocycles. The van der Waals surface area contributed by atoms with Crippen LogP contribution in [-0.4, -0.2) is 47.2 Å². The summed E-state index contributed by atoms with van der Waals surface area (Å²) < 4.78 is 0.222. The first-order chi connectivity index (χ1) is 9.66. The van der Waals surface area contributed by atoms with E-state index in [1.807, 2.05) is 0 Å². The van der Waals surface area contributed by atoms with Gasteiger partial charge in [0, 0.05) is 19.8 Å². The van der Waals surface area contributed by atoms with Crippen LogP contribution < -0.4 is 5.11 Å². The third-order valence-corrected chi connectivity index (χ3v) is 3.91. The van der Waals surface area contributed by atoms with E-state index in [9.17, 15) is 9.90 Å². The molecule has 0 amide bonds. The van der Waals surface area contributed by atoms with Crippen LogP contribution >= 0.6 is 0 Å². The van der Waals surface area contributed by atoms with Crippen LogP contribution in [0.4, 0.5) is 0 Å². The van der Waals surface area contributed by atoms with Crippen molar-refractivity contribution in [2.24, 2.45) is 0 Å². The minimum absolute atomic E-state index is 0.222. The zero-order chi connectivity index (χ0) is 16.9. The first-order valence-electron chi connectivity index (χ1n) is 8.05. The molecular weight excluding hydrogens is 270 g/mol. The number of aliphatic hydroxyl groups is 2.